The number of rotatable bonds is 7. The van der Waals surface area contributed by atoms with Gasteiger partial charge < -0.3 is 4.18 Å². The first-order valence-corrected chi connectivity index (χ1v) is 9.42. The third-order valence-electron chi connectivity index (χ3n) is 3.25. The molecule has 26 heavy (non-hydrogen) atoms. The van der Waals surface area contributed by atoms with Gasteiger partial charge in [-0.15, -0.1) is 0 Å². The van der Waals surface area contributed by atoms with Crippen molar-refractivity contribution in [1.82, 2.24) is 9.55 Å². The zero-order valence-electron chi connectivity index (χ0n) is 13.7. The predicted molar refractivity (Wildman–Crippen MR) is 94.5 cm³/mol. The first-order valence-electron chi connectivity index (χ1n) is 7.26. The molecule has 2 aromatic rings. The van der Waals surface area contributed by atoms with Gasteiger partial charge in [0.15, 0.2) is 11.8 Å². The van der Waals surface area contributed by atoms with Crippen molar-refractivity contribution in [2.75, 3.05) is 0 Å². The summed E-state index contributed by atoms with van der Waals surface area (Å²) in [5, 5.41) is 3.22. The lowest BCUT2D eigenvalue weighted by Crippen LogP contribution is -2.17. The van der Waals surface area contributed by atoms with Gasteiger partial charge in [-0.3, -0.25) is 4.57 Å². The van der Waals surface area contributed by atoms with Crippen molar-refractivity contribution < 1.29 is 17.0 Å². The Kier molecular flexibility index (Phi) is 6.35. The normalized spacial score (nSPS) is 11.5. The first-order chi connectivity index (χ1) is 12.2. The highest BCUT2D eigenvalue weighted by Crippen LogP contribution is 2.30. The monoisotopic (exact) mass is 421 g/mol. The predicted octanol–water partition coefficient (Wildman–Crippen LogP) is 4.82. The van der Waals surface area contributed by atoms with E-state index in [0.717, 1.165) is 4.57 Å². The highest BCUT2D eigenvalue weighted by Gasteiger charge is 2.31. The highest BCUT2D eigenvalue weighted by molar-refractivity contribution is 7.87. The third kappa shape index (κ3) is 4.39. The SMILES string of the molecule is CC(C)c1nc(CN=[N+]=[N-])n(CF)c1S(=O)(=O)Oc1cc(Cl)cc(Cl)c1. The molecule has 8 nitrogen and oxygen atoms in total. The van der Waals surface area contributed by atoms with E-state index in [9.17, 15) is 12.8 Å². The zero-order valence-corrected chi connectivity index (χ0v) is 16.1. The second-order valence-electron chi connectivity index (χ2n) is 5.45. The van der Waals surface area contributed by atoms with E-state index in [1.807, 2.05) is 0 Å². The van der Waals surface area contributed by atoms with Crippen LogP contribution in [0.2, 0.25) is 10.0 Å². The summed E-state index contributed by atoms with van der Waals surface area (Å²) in [4.78, 5) is 6.69. The molecular weight excluding hydrogens is 408 g/mol. The van der Waals surface area contributed by atoms with E-state index in [2.05, 4.69) is 15.0 Å². The number of alkyl halides is 1. The summed E-state index contributed by atoms with van der Waals surface area (Å²) in [5.74, 6) is -0.510. The average Bonchev–Trinajstić information content (AvgIpc) is 2.91. The van der Waals surface area contributed by atoms with Crippen LogP contribution in [0.1, 0.15) is 31.3 Å². The Morgan fingerprint density at radius 3 is 2.46 bits per heavy atom. The van der Waals surface area contributed by atoms with Crippen LogP contribution in [0.5, 0.6) is 5.75 Å². The summed E-state index contributed by atoms with van der Waals surface area (Å²) in [6.07, 6.45) is 0. The van der Waals surface area contributed by atoms with Crippen LogP contribution < -0.4 is 4.18 Å². The largest absolute Gasteiger partial charge is 0.378 e. The van der Waals surface area contributed by atoms with E-state index in [1.165, 1.54) is 18.2 Å². The molecule has 2 rings (SSSR count). The Balaban J connectivity index is 2.59. The van der Waals surface area contributed by atoms with Crippen LogP contribution in [-0.4, -0.2) is 18.0 Å². The van der Waals surface area contributed by atoms with Crippen LogP contribution in [0.15, 0.2) is 28.3 Å². The molecule has 0 saturated carbocycles. The van der Waals surface area contributed by atoms with Gasteiger partial charge in [-0.1, -0.05) is 42.2 Å². The van der Waals surface area contributed by atoms with E-state index in [0.29, 0.717) is 0 Å². The van der Waals surface area contributed by atoms with Gasteiger partial charge in [0.2, 0.25) is 0 Å². The fourth-order valence-electron chi connectivity index (χ4n) is 2.22. The number of halogens is 3. The summed E-state index contributed by atoms with van der Waals surface area (Å²) in [6.45, 7) is 1.89. The molecule has 12 heteroatoms. The van der Waals surface area contributed by atoms with Crippen LogP contribution >= 0.6 is 23.2 Å². The number of azide groups is 1. The first kappa shape index (κ1) is 20.3. The minimum Gasteiger partial charge on any atom is -0.378 e. The molecule has 1 aromatic heterocycles. The molecule has 0 aliphatic heterocycles. The average molecular weight is 422 g/mol. The van der Waals surface area contributed by atoms with E-state index in [4.69, 9.17) is 32.9 Å². The zero-order chi connectivity index (χ0) is 19.5. The van der Waals surface area contributed by atoms with Crippen LogP contribution in [0.4, 0.5) is 4.39 Å². The van der Waals surface area contributed by atoms with Gasteiger partial charge in [-0.05, 0) is 17.5 Å². The van der Waals surface area contributed by atoms with E-state index < -0.39 is 21.9 Å². The van der Waals surface area contributed by atoms with E-state index in [-0.39, 0.29) is 39.8 Å². The molecule has 1 heterocycles. The summed E-state index contributed by atoms with van der Waals surface area (Å²) < 4.78 is 45.0. The van der Waals surface area contributed by atoms with Crippen molar-refractivity contribution in [2.45, 2.75) is 38.1 Å². The second-order valence-corrected chi connectivity index (χ2v) is 7.79. The van der Waals surface area contributed by atoms with Gasteiger partial charge in [0.25, 0.3) is 0 Å². The smallest absolute Gasteiger partial charge is 0.357 e. The van der Waals surface area contributed by atoms with Crippen molar-refractivity contribution in [3.8, 4) is 5.75 Å². The lowest BCUT2D eigenvalue weighted by molar-refractivity contribution is 0.343. The van der Waals surface area contributed by atoms with Crippen molar-refractivity contribution in [3.63, 3.8) is 0 Å². The standard InChI is InChI=1S/C14H14Cl2FN5O3S/c1-8(2)13-14(22(7-17)12(20-13)6-19-21-18)26(23,24)25-11-4-9(15)3-10(16)5-11/h3-5,8H,6-7H2,1-2H3. The molecular formula is C14H14Cl2FN5O3S. The molecule has 0 unspecified atom stereocenters. The van der Waals surface area contributed by atoms with Gasteiger partial charge >= 0.3 is 10.1 Å². The van der Waals surface area contributed by atoms with E-state index >= 15 is 0 Å². The van der Waals surface area contributed by atoms with Crippen LogP contribution in [0, 0.1) is 0 Å². The molecule has 0 N–H and O–H groups in total. The fourth-order valence-corrected chi connectivity index (χ4v) is 4.12. The minimum absolute atomic E-state index is 0.0275. The molecule has 140 valence electrons. The molecule has 0 bridgehead atoms. The number of aromatic nitrogens is 2. The Morgan fingerprint density at radius 1 is 1.35 bits per heavy atom. The van der Waals surface area contributed by atoms with Gasteiger partial charge in [-0.2, -0.15) is 8.42 Å². The number of nitrogens with zero attached hydrogens (tertiary/aromatic N) is 5. The van der Waals surface area contributed by atoms with E-state index in [1.54, 1.807) is 13.8 Å². The van der Waals surface area contributed by atoms with Crippen molar-refractivity contribution in [3.05, 3.63) is 50.2 Å². The van der Waals surface area contributed by atoms with Gasteiger partial charge in [0.1, 0.15) is 11.6 Å². The van der Waals surface area contributed by atoms with Gasteiger partial charge in [0, 0.05) is 27.1 Å². The van der Waals surface area contributed by atoms with Gasteiger partial charge in [-0.25, -0.2) is 9.37 Å². The van der Waals surface area contributed by atoms with Crippen LogP contribution in [0.3, 0.4) is 0 Å². The minimum atomic E-state index is -4.46. The lowest BCUT2D eigenvalue weighted by atomic mass is 10.2. The molecule has 0 fully saturated rings. The summed E-state index contributed by atoms with van der Waals surface area (Å²) in [7, 11) is -4.46. The van der Waals surface area contributed by atoms with Crippen LogP contribution in [-0.2, 0) is 23.5 Å². The quantitative estimate of drug-likeness (QED) is 0.276. The molecule has 1 aromatic carbocycles. The maximum absolute atomic E-state index is 13.6. The Labute approximate surface area is 159 Å². The second kappa shape index (κ2) is 8.13. The molecule has 0 saturated heterocycles. The van der Waals surface area contributed by atoms with Crippen molar-refractivity contribution >= 4 is 33.3 Å². The highest BCUT2D eigenvalue weighted by atomic mass is 35.5. The summed E-state index contributed by atoms with van der Waals surface area (Å²) in [6, 6.07) is 3.93. The number of hydrogen-bond donors (Lipinski definition) is 0. The molecule has 0 amide bonds. The Bertz CT molecular complexity index is 951. The molecule has 0 aliphatic carbocycles. The number of hydrogen-bond acceptors (Lipinski definition) is 5. The summed E-state index contributed by atoms with van der Waals surface area (Å²) in [5.41, 5.74) is 8.54. The van der Waals surface area contributed by atoms with Crippen molar-refractivity contribution in [1.29, 1.82) is 0 Å². The Morgan fingerprint density at radius 2 is 1.96 bits per heavy atom. The molecule has 0 spiro atoms. The molecule has 0 aliphatic rings. The van der Waals surface area contributed by atoms with Crippen molar-refractivity contribution in [2.24, 2.45) is 5.11 Å². The Hall–Kier alpha value is -2.00. The lowest BCUT2D eigenvalue weighted by Gasteiger charge is -2.12. The third-order valence-corrected chi connectivity index (χ3v) is 5.00. The number of benzene rings is 1. The number of imidazole rings is 1. The summed E-state index contributed by atoms with van der Waals surface area (Å²) >= 11 is 11.7. The maximum atomic E-state index is 13.6. The molecule has 0 atom stereocenters. The topological polar surface area (TPSA) is 110 Å². The molecule has 0 radical (unpaired) electrons. The van der Waals surface area contributed by atoms with Crippen LogP contribution in [0.25, 0.3) is 10.4 Å². The van der Waals surface area contributed by atoms with Gasteiger partial charge in [0.05, 0.1) is 12.2 Å². The maximum Gasteiger partial charge on any atom is 0.357 e. The fraction of sp³-hybridized carbons (Fsp3) is 0.357.